The summed E-state index contributed by atoms with van der Waals surface area (Å²) in [5, 5.41) is 0. The molecular weight excluding hydrogens is 844 g/mol. The summed E-state index contributed by atoms with van der Waals surface area (Å²) in [6, 6.07) is 8.07. The van der Waals surface area contributed by atoms with Gasteiger partial charge in [0.05, 0.1) is 19.3 Å². The van der Waals surface area contributed by atoms with Crippen LogP contribution in [0.5, 0.6) is 11.5 Å². The van der Waals surface area contributed by atoms with Gasteiger partial charge < -0.3 is 23.8 Å². The Morgan fingerprint density at radius 2 is 1.46 bits per heavy atom. The van der Waals surface area contributed by atoms with Crippen LogP contribution in [0.2, 0.25) is 0 Å². The standard InChI is InChI=1S/C41H52F11NO4S2/c1-4-16-54-19-21-59-58-20-5-15-53(3)25-32-34(42)23-28(24-35(32)43)57-27-8-10-29-26(22-27)7-9-31-30(29)13-14-37(2)33(31)11-12-36(37)55-17-6-18-56-38(39(44,45)46,40(47,48)49)41(50,51)52/h8,10,22-24,30-31,33,36H,4-7,9,11-21,25H2,1-3H3. The van der Waals surface area contributed by atoms with E-state index in [0.29, 0.717) is 18.7 Å². The zero-order valence-electron chi connectivity index (χ0n) is 33.3. The van der Waals surface area contributed by atoms with Crippen LogP contribution in [0.1, 0.15) is 87.8 Å². The Kier molecular flexibility index (Phi) is 16.3. The second-order valence-electron chi connectivity index (χ2n) is 15.9. The highest BCUT2D eigenvalue weighted by molar-refractivity contribution is 8.76. The van der Waals surface area contributed by atoms with E-state index in [0.717, 1.165) is 80.8 Å². The van der Waals surface area contributed by atoms with E-state index in [1.807, 2.05) is 24.1 Å². The number of ether oxygens (including phenoxy) is 4. The van der Waals surface area contributed by atoms with Gasteiger partial charge in [-0.2, -0.15) is 39.5 Å². The average Bonchev–Trinajstić information content (AvgIpc) is 3.48. The van der Waals surface area contributed by atoms with Crippen molar-refractivity contribution >= 4 is 21.6 Å². The lowest BCUT2D eigenvalue weighted by Gasteiger charge is -2.50. The normalized spacial score (nSPS) is 23.6. The summed E-state index contributed by atoms with van der Waals surface area (Å²) in [6.07, 6.45) is -14.9. The van der Waals surface area contributed by atoms with E-state index in [4.69, 9.17) is 14.2 Å². The van der Waals surface area contributed by atoms with E-state index >= 15 is 8.78 Å². The van der Waals surface area contributed by atoms with Crippen molar-refractivity contribution in [1.29, 1.82) is 0 Å². The van der Waals surface area contributed by atoms with Crippen molar-refractivity contribution in [3.8, 4) is 11.5 Å². The highest BCUT2D eigenvalue weighted by atomic mass is 33.1. The molecule has 5 unspecified atom stereocenters. The summed E-state index contributed by atoms with van der Waals surface area (Å²) in [7, 11) is 5.34. The summed E-state index contributed by atoms with van der Waals surface area (Å²) < 4.78 is 170. The van der Waals surface area contributed by atoms with E-state index in [-0.39, 0.29) is 53.7 Å². The van der Waals surface area contributed by atoms with Crippen LogP contribution in [0.15, 0.2) is 30.3 Å². The first-order valence-electron chi connectivity index (χ1n) is 20.0. The molecule has 3 aliphatic carbocycles. The minimum atomic E-state index is -6.77. The smallest absolute Gasteiger partial charge is 0.435 e. The minimum absolute atomic E-state index is 0.0249. The van der Waals surface area contributed by atoms with Gasteiger partial charge in [-0.05, 0) is 118 Å². The molecule has 0 saturated heterocycles. The van der Waals surface area contributed by atoms with Crippen molar-refractivity contribution < 1.29 is 67.2 Å². The molecule has 2 fully saturated rings. The van der Waals surface area contributed by atoms with E-state index in [2.05, 4.69) is 18.6 Å². The third-order valence-electron chi connectivity index (χ3n) is 12.0. The zero-order valence-corrected chi connectivity index (χ0v) is 34.9. The number of rotatable bonds is 20. The van der Waals surface area contributed by atoms with Gasteiger partial charge in [-0.3, -0.25) is 0 Å². The van der Waals surface area contributed by atoms with Crippen molar-refractivity contribution in [3.05, 3.63) is 58.7 Å². The van der Waals surface area contributed by atoms with Crippen LogP contribution in [0.4, 0.5) is 48.3 Å². The van der Waals surface area contributed by atoms with Gasteiger partial charge in [-0.15, -0.1) is 0 Å². The third-order valence-corrected chi connectivity index (χ3v) is 14.5. The number of benzene rings is 2. The number of fused-ring (bicyclic) bond motifs is 5. The fourth-order valence-electron chi connectivity index (χ4n) is 9.21. The minimum Gasteiger partial charge on any atom is -0.457 e. The van der Waals surface area contributed by atoms with Crippen molar-refractivity contribution in [1.82, 2.24) is 4.90 Å². The number of hydrogen-bond acceptors (Lipinski definition) is 7. The molecule has 0 spiro atoms. The van der Waals surface area contributed by atoms with Gasteiger partial charge in [0.2, 0.25) is 0 Å². The van der Waals surface area contributed by atoms with E-state index in [1.54, 1.807) is 27.7 Å². The second-order valence-corrected chi connectivity index (χ2v) is 18.7. The maximum Gasteiger partial charge on any atom is 0.435 e. The second kappa shape index (κ2) is 20.0. The summed E-state index contributed by atoms with van der Waals surface area (Å²) in [4.78, 5) is 1.89. The molecule has 0 amide bonds. The van der Waals surface area contributed by atoms with Crippen LogP contribution in [-0.4, -0.2) is 86.7 Å². The molecule has 2 aromatic carbocycles. The lowest BCUT2D eigenvalue weighted by Crippen LogP contribution is -2.67. The van der Waals surface area contributed by atoms with Crippen molar-refractivity contribution in [2.45, 2.75) is 114 Å². The van der Waals surface area contributed by atoms with Gasteiger partial charge in [-0.25, -0.2) is 8.78 Å². The Morgan fingerprint density at radius 1 is 0.780 bits per heavy atom. The Labute approximate surface area is 346 Å². The maximum atomic E-state index is 15.2. The fraction of sp³-hybridized carbons (Fsp3) is 0.707. The number of nitrogens with zero attached hydrogens (tertiary/aromatic N) is 1. The third kappa shape index (κ3) is 11.0. The fourth-order valence-corrected chi connectivity index (χ4v) is 11.1. The Bertz CT molecular complexity index is 1620. The molecule has 59 heavy (non-hydrogen) atoms. The molecule has 3 aliphatic rings. The quantitative estimate of drug-likeness (QED) is 0.0745. The lowest BCUT2D eigenvalue weighted by atomic mass is 9.55. The highest BCUT2D eigenvalue weighted by Crippen LogP contribution is 2.62. The average molecular weight is 896 g/mol. The van der Waals surface area contributed by atoms with Crippen molar-refractivity contribution in [2.24, 2.45) is 17.3 Å². The molecule has 0 heterocycles. The zero-order chi connectivity index (χ0) is 43.2. The Balaban J connectivity index is 1.11. The van der Waals surface area contributed by atoms with Crippen LogP contribution in [-0.2, 0) is 27.2 Å². The van der Waals surface area contributed by atoms with Crippen LogP contribution in [0.3, 0.4) is 0 Å². The molecule has 0 N–H and O–H groups in total. The first kappa shape index (κ1) is 48.0. The molecule has 0 radical (unpaired) electrons. The van der Waals surface area contributed by atoms with Crippen molar-refractivity contribution in [3.63, 3.8) is 0 Å². The maximum absolute atomic E-state index is 15.2. The van der Waals surface area contributed by atoms with Gasteiger partial charge in [0.15, 0.2) is 0 Å². The molecule has 2 saturated carbocycles. The number of hydrogen-bond donors (Lipinski definition) is 0. The largest absolute Gasteiger partial charge is 0.457 e. The lowest BCUT2D eigenvalue weighted by molar-refractivity contribution is -0.457. The predicted octanol–water partition coefficient (Wildman–Crippen LogP) is 12.5. The van der Waals surface area contributed by atoms with Gasteiger partial charge in [0.1, 0.15) is 23.1 Å². The molecule has 0 aromatic heterocycles. The van der Waals surface area contributed by atoms with Crippen LogP contribution in [0.25, 0.3) is 0 Å². The van der Waals surface area contributed by atoms with Crippen LogP contribution in [0, 0.1) is 28.9 Å². The summed E-state index contributed by atoms with van der Waals surface area (Å²) >= 11 is 0. The monoisotopic (exact) mass is 895 g/mol. The molecule has 0 bridgehead atoms. The van der Waals surface area contributed by atoms with E-state index in [9.17, 15) is 39.5 Å². The van der Waals surface area contributed by atoms with Gasteiger partial charge in [-0.1, -0.05) is 41.5 Å². The molecule has 0 aliphatic heterocycles. The molecule has 334 valence electrons. The molecule has 18 heteroatoms. The van der Waals surface area contributed by atoms with Gasteiger partial charge in [0.25, 0.3) is 0 Å². The highest BCUT2D eigenvalue weighted by Gasteiger charge is 2.85. The molecule has 5 rings (SSSR count). The van der Waals surface area contributed by atoms with Gasteiger partial charge in [0, 0.05) is 49.0 Å². The van der Waals surface area contributed by atoms with Crippen molar-refractivity contribution in [2.75, 3.05) is 51.5 Å². The number of aryl methyl sites for hydroxylation is 1. The van der Waals surface area contributed by atoms with E-state index < -0.39 is 48.8 Å². The first-order chi connectivity index (χ1) is 27.7. The Hall–Kier alpha value is -1.99. The topological polar surface area (TPSA) is 40.2 Å². The van der Waals surface area contributed by atoms with Crippen LogP contribution >= 0.6 is 21.6 Å². The summed E-state index contributed by atoms with van der Waals surface area (Å²) in [5.74, 6) is 1.66. The Morgan fingerprint density at radius 3 is 2.12 bits per heavy atom. The SMILES string of the molecule is CCCOCCSSCCCN(C)Cc1c(F)cc(Oc2ccc3c(c2)CCC2C3CCC3(C)C(OCCCOC(C(F)(F)F)(C(F)(F)F)C(F)(F)F)CCC23)cc1F. The molecule has 5 atom stereocenters. The van der Waals surface area contributed by atoms with Gasteiger partial charge >= 0.3 is 24.1 Å². The summed E-state index contributed by atoms with van der Waals surface area (Å²) in [5.41, 5.74) is -4.42. The molecule has 5 nitrogen and oxygen atoms in total. The van der Waals surface area contributed by atoms with E-state index in [1.165, 1.54) is 12.1 Å². The number of alkyl halides is 9. The van der Waals surface area contributed by atoms with Crippen LogP contribution < -0.4 is 4.74 Å². The molecule has 2 aromatic rings. The first-order valence-corrected chi connectivity index (χ1v) is 22.5. The number of halogens is 11. The summed E-state index contributed by atoms with van der Waals surface area (Å²) in [6.45, 7) is 4.60. The predicted molar refractivity (Wildman–Crippen MR) is 206 cm³/mol. The molecular formula is C41H52F11NO4S2.